The summed E-state index contributed by atoms with van der Waals surface area (Å²) in [4.78, 5) is 0. The summed E-state index contributed by atoms with van der Waals surface area (Å²) >= 11 is 1.82. The van der Waals surface area contributed by atoms with Crippen molar-refractivity contribution in [2.45, 2.75) is 70.9 Å². The van der Waals surface area contributed by atoms with Gasteiger partial charge < -0.3 is 24.8 Å². The first-order valence-electron chi connectivity index (χ1n) is 13.9. The van der Waals surface area contributed by atoms with E-state index in [4.69, 9.17) is 0 Å². The molecule has 4 aromatic rings. The number of halogens is 2. The van der Waals surface area contributed by atoms with Gasteiger partial charge in [0.1, 0.15) is 0 Å². The second-order valence-corrected chi connectivity index (χ2v) is 18.4. The van der Waals surface area contributed by atoms with Gasteiger partial charge in [-0.2, -0.15) is 59.7 Å². The average molecular weight is 649 g/mol. The largest absolute Gasteiger partial charge is 1.00 e. The fraction of sp³-hybridized carbons (Fsp3) is 0.314. The van der Waals surface area contributed by atoms with E-state index in [-0.39, 0.29) is 30.2 Å². The molecule has 4 aromatic carbocycles. The molecule has 0 radical (unpaired) electrons. The van der Waals surface area contributed by atoms with Crippen LogP contribution in [0.25, 0.3) is 22.3 Å². The van der Waals surface area contributed by atoms with Gasteiger partial charge in [-0.3, -0.25) is 0 Å². The van der Waals surface area contributed by atoms with Gasteiger partial charge in [-0.05, 0) is 12.8 Å². The molecule has 6 rings (SSSR count). The van der Waals surface area contributed by atoms with Crippen LogP contribution in [0.2, 0.25) is 12.6 Å². The first-order valence-corrected chi connectivity index (χ1v) is 19.8. The Balaban J connectivity index is 0.000000201. The molecule has 0 nitrogen and oxygen atoms in total. The van der Waals surface area contributed by atoms with E-state index in [2.05, 4.69) is 98.4 Å². The summed E-state index contributed by atoms with van der Waals surface area (Å²) in [5.41, 5.74) is 11.2. The number of benzene rings is 4. The molecule has 0 atom stereocenters. The molecular formula is C35H38Cl2SiZr-2. The van der Waals surface area contributed by atoms with Gasteiger partial charge in [0.05, 0.1) is 0 Å². The predicted octanol–water partition coefficient (Wildman–Crippen LogP) is 3.64. The summed E-state index contributed by atoms with van der Waals surface area (Å²) in [6.07, 6.45) is 10.9. The van der Waals surface area contributed by atoms with Gasteiger partial charge in [0.2, 0.25) is 0 Å². The van der Waals surface area contributed by atoms with E-state index >= 15 is 0 Å². The van der Waals surface area contributed by atoms with E-state index in [0.29, 0.717) is 0 Å². The van der Waals surface area contributed by atoms with Crippen molar-refractivity contribution in [1.29, 1.82) is 0 Å². The van der Waals surface area contributed by atoms with Crippen molar-refractivity contribution < 1.29 is 48.1 Å². The van der Waals surface area contributed by atoms with Crippen molar-refractivity contribution in [1.82, 2.24) is 0 Å². The van der Waals surface area contributed by atoms with Crippen LogP contribution in [0, 0.1) is 12.1 Å². The van der Waals surface area contributed by atoms with Crippen LogP contribution in [0.5, 0.6) is 0 Å². The third-order valence-electron chi connectivity index (χ3n) is 7.14. The zero-order valence-corrected chi connectivity index (χ0v) is 28.2. The topological polar surface area (TPSA) is 0 Å². The van der Waals surface area contributed by atoms with Crippen molar-refractivity contribution in [3.05, 3.63) is 119 Å². The molecule has 0 bridgehead atoms. The normalized spacial score (nSPS) is 11.1. The van der Waals surface area contributed by atoms with Crippen molar-refractivity contribution in [3.8, 4) is 22.3 Å². The van der Waals surface area contributed by atoms with E-state index in [1.165, 1.54) is 83.0 Å². The monoisotopic (exact) mass is 646 g/mol. The first kappa shape index (κ1) is 33.8. The summed E-state index contributed by atoms with van der Waals surface area (Å²) in [7, 11) is 0. The van der Waals surface area contributed by atoms with Gasteiger partial charge in [-0.15, -0.1) is 11.1 Å². The van der Waals surface area contributed by atoms with E-state index < -0.39 is 0 Å². The summed E-state index contributed by atoms with van der Waals surface area (Å²) < 4.78 is 0. The van der Waals surface area contributed by atoms with E-state index in [1.54, 1.807) is 6.04 Å². The SMILES string of the molecule is CCCCCCCC[Si](C)=[Zr+2].[Cl-].[Cl-].[c-]1cccc2c1Cc1ccccc1-2.[c-]1cccc2c1Cc1ccccc1-2. The molecule has 0 aliphatic heterocycles. The Morgan fingerprint density at radius 2 is 1.05 bits per heavy atom. The minimum atomic E-state index is 0. The van der Waals surface area contributed by atoms with Crippen LogP contribution in [0.15, 0.2) is 84.9 Å². The zero-order chi connectivity index (χ0) is 25.9. The molecule has 0 aromatic heterocycles. The molecule has 0 N–H and O–H groups in total. The van der Waals surface area contributed by atoms with Crippen LogP contribution in [0.4, 0.5) is 0 Å². The Kier molecular flexibility index (Phi) is 15.7. The molecule has 4 heteroatoms. The van der Waals surface area contributed by atoms with Gasteiger partial charge in [0.25, 0.3) is 0 Å². The van der Waals surface area contributed by atoms with Crippen molar-refractivity contribution in [3.63, 3.8) is 0 Å². The summed E-state index contributed by atoms with van der Waals surface area (Å²) in [5, 5.41) is 0. The van der Waals surface area contributed by atoms with Crippen molar-refractivity contribution >= 4 is 5.43 Å². The average Bonchev–Trinajstić information content (AvgIpc) is 3.50. The molecule has 2 aliphatic rings. The third kappa shape index (κ3) is 9.86. The van der Waals surface area contributed by atoms with Gasteiger partial charge in [-0.1, -0.05) is 70.8 Å². The van der Waals surface area contributed by atoms with Gasteiger partial charge in [0.15, 0.2) is 0 Å². The van der Waals surface area contributed by atoms with Crippen LogP contribution >= 0.6 is 0 Å². The van der Waals surface area contributed by atoms with Crippen molar-refractivity contribution in [2.24, 2.45) is 0 Å². The number of unbranched alkanes of at least 4 members (excludes halogenated alkanes) is 5. The maximum Gasteiger partial charge on any atom is -0.0253 e. The van der Waals surface area contributed by atoms with Gasteiger partial charge >= 0.3 is 86.8 Å². The molecule has 0 amide bonds. The number of fused-ring (bicyclic) bond motifs is 6. The molecule has 2 aliphatic carbocycles. The fourth-order valence-electron chi connectivity index (χ4n) is 5.17. The van der Waals surface area contributed by atoms with E-state index in [0.717, 1.165) is 12.8 Å². The van der Waals surface area contributed by atoms with Gasteiger partial charge in [0, 0.05) is 0 Å². The molecule has 0 unspecified atom stereocenters. The van der Waals surface area contributed by atoms with Crippen LogP contribution in [0.1, 0.15) is 67.7 Å². The fourth-order valence-corrected chi connectivity index (χ4v) is 7.25. The predicted molar refractivity (Wildman–Crippen MR) is 157 cm³/mol. The third-order valence-corrected chi connectivity index (χ3v) is 10.1. The molecule has 0 fully saturated rings. The van der Waals surface area contributed by atoms with Crippen LogP contribution in [0.3, 0.4) is 0 Å². The second-order valence-electron chi connectivity index (χ2n) is 10.1. The zero-order valence-electron chi connectivity index (χ0n) is 23.2. The Bertz CT molecular complexity index is 1140. The van der Waals surface area contributed by atoms with Gasteiger partial charge in [-0.25, -0.2) is 0 Å². The standard InChI is InChI=1S/2C13H9.C9H20Si.2ClH.Zr/c2*1-3-7-12-10(5-1)9-11-6-2-4-8-13(11)12;1-3-4-5-6-7-8-9-10-2;;;/h2*1-5,7-8H,9H2;3-9H2,1-2H3;2*1H;/q2*-1;;;;+2/p-2. The van der Waals surface area contributed by atoms with E-state index in [1.807, 2.05) is 35.5 Å². The minimum absolute atomic E-state index is 0. The minimum Gasteiger partial charge on any atom is -1.00 e. The smallest absolute Gasteiger partial charge is 0.0253 e. The Labute approximate surface area is 264 Å². The molecule has 0 saturated heterocycles. The Morgan fingerprint density at radius 1 is 0.615 bits per heavy atom. The van der Waals surface area contributed by atoms with Crippen LogP contribution in [-0.4, -0.2) is 5.43 Å². The number of hydrogen-bond donors (Lipinski definition) is 0. The summed E-state index contributed by atoms with van der Waals surface area (Å²) in [6.45, 7) is 4.73. The van der Waals surface area contributed by atoms with E-state index in [9.17, 15) is 0 Å². The quantitative estimate of drug-likeness (QED) is 0.141. The maximum absolute atomic E-state index is 3.30. The van der Waals surface area contributed by atoms with Crippen LogP contribution in [-0.2, 0) is 36.2 Å². The summed E-state index contributed by atoms with van der Waals surface area (Å²) in [5.74, 6) is 0. The number of hydrogen-bond acceptors (Lipinski definition) is 0. The molecule has 0 heterocycles. The summed E-state index contributed by atoms with van der Waals surface area (Å²) in [6, 6.07) is 37.8. The first-order chi connectivity index (χ1) is 18.2. The maximum atomic E-state index is 3.30. The van der Waals surface area contributed by atoms with Crippen LogP contribution < -0.4 is 24.8 Å². The molecule has 0 saturated carbocycles. The molecule has 39 heavy (non-hydrogen) atoms. The Hall–Kier alpha value is -1.44. The second kappa shape index (κ2) is 18.1. The molecule has 202 valence electrons. The molecule has 0 spiro atoms. The molecular weight excluding hydrogens is 611 g/mol. The number of rotatable bonds is 7. The Morgan fingerprint density at radius 3 is 1.54 bits per heavy atom. The van der Waals surface area contributed by atoms with Crippen molar-refractivity contribution in [2.75, 3.05) is 0 Å².